The quantitative estimate of drug-likeness (QED) is 0.582. The van der Waals surface area contributed by atoms with Crippen molar-refractivity contribution in [3.8, 4) is 12.1 Å². The van der Waals surface area contributed by atoms with Crippen LogP contribution < -0.4 is 4.90 Å². The second-order valence-electron chi connectivity index (χ2n) is 6.14. The predicted molar refractivity (Wildman–Crippen MR) is 101 cm³/mol. The summed E-state index contributed by atoms with van der Waals surface area (Å²) in [6.45, 7) is 3.59. The number of anilines is 1. The van der Waals surface area contributed by atoms with Gasteiger partial charge in [-0.25, -0.2) is 0 Å². The largest absolute Gasteiger partial charge is 0.316 e. The highest BCUT2D eigenvalue weighted by molar-refractivity contribution is 5.69. The molecule has 1 heterocycles. The van der Waals surface area contributed by atoms with Gasteiger partial charge in [-0.05, 0) is 26.0 Å². The zero-order valence-corrected chi connectivity index (χ0v) is 14.9. The third kappa shape index (κ3) is 2.94. The van der Waals surface area contributed by atoms with Crippen molar-refractivity contribution in [3.63, 3.8) is 0 Å². The smallest absolute Gasteiger partial charge is 0.273 e. The van der Waals surface area contributed by atoms with E-state index in [2.05, 4.69) is 12.1 Å². The molecule has 2 aromatic rings. The Morgan fingerprint density at radius 1 is 0.926 bits per heavy atom. The summed E-state index contributed by atoms with van der Waals surface area (Å²) in [5.41, 5.74) is 3.05. The van der Waals surface area contributed by atoms with E-state index in [1.807, 2.05) is 35.2 Å². The molecule has 132 valence electrons. The average molecular weight is 356 g/mol. The van der Waals surface area contributed by atoms with Crippen LogP contribution in [-0.2, 0) is 0 Å². The normalized spacial score (nSPS) is 14.7. The number of allylic oxidation sites excluding steroid dienone is 4. The van der Waals surface area contributed by atoms with E-state index in [4.69, 9.17) is 0 Å². The lowest BCUT2D eigenvalue weighted by Crippen LogP contribution is -2.29. The molecule has 2 aromatic carbocycles. The van der Waals surface area contributed by atoms with Crippen LogP contribution in [0.25, 0.3) is 0 Å². The van der Waals surface area contributed by atoms with Crippen molar-refractivity contribution in [3.05, 3.63) is 92.8 Å². The average Bonchev–Trinajstić information content (AvgIpc) is 2.68. The topological polar surface area (TPSA) is 94.0 Å². The maximum absolute atomic E-state index is 11.5. The fourth-order valence-corrected chi connectivity index (χ4v) is 3.52. The highest BCUT2D eigenvalue weighted by Crippen LogP contribution is 2.45. The van der Waals surface area contributed by atoms with E-state index in [1.165, 1.54) is 6.07 Å². The molecule has 0 fully saturated rings. The third-order valence-corrected chi connectivity index (χ3v) is 4.73. The number of nitriles is 2. The Labute approximate surface area is 157 Å². The summed E-state index contributed by atoms with van der Waals surface area (Å²) in [7, 11) is 0. The van der Waals surface area contributed by atoms with Crippen LogP contribution in [0.4, 0.5) is 11.4 Å². The summed E-state index contributed by atoms with van der Waals surface area (Å²) in [5, 5.41) is 31.2. The Kier molecular flexibility index (Phi) is 4.74. The first-order chi connectivity index (χ1) is 13.0. The van der Waals surface area contributed by atoms with Gasteiger partial charge in [0.05, 0.1) is 34.1 Å². The highest BCUT2D eigenvalue weighted by Gasteiger charge is 2.36. The first-order valence-electron chi connectivity index (χ1n) is 8.31. The fraction of sp³-hybridized carbons (Fsp3) is 0.143. The molecule has 6 heteroatoms. The lowest BCUT2D eigenvalue weighted by Gasteiger charge is -2.35. The number of nitro benzene ring substituents is 1. The molecule has 0 unspecified atom stereocenters. The van der Waals surface area contributed by atoms with Gasteiger partial charge in [-0.15, -0.1) is 0 Å². The SMILES string of the molecule is CC1=C(C#N)C(c2ccccc2[N+](=O)[O-])C(C#N)=C(C)N1c1ccccc1. The molecule has 6 nitrogen and oxygen atoms in total. The van der Waals surface area contributed by atoms with Crippen LogP contribution in [0.3, 0.4) is 0 Å². The van der Waals surface area contributed by atoms with E-state index in [-0.39, 0.29) is 5.69 Å². The number of para-hydroxylation sites is 2. The number of nitrogens with zero attached hydrogens (tertiary/aromatic N) is 4. The van der Waals surface area contributed by atoms with Gasteiger partial charge in [0.2, 0.25) is 0 Å². The second-order valence-corrected chi connectivity index (χ2v) is 6.14. The number of nitro groups is 1. The van der Waals surface area contributed by atoms with Gasteiger partial charge in [-0.2, -0.15) is 10.5 Å². The maximum atomic E-state index is 11.5. The van der Waals surface area contributed by atoms with Crippen LogP contribution in [0.5, 0.6) is 0 Å². The van der Waals surface area contributed by atoms with Crippen LogP contribution >= 0.6 is 0 Å². The van der Waals surface area contributed by atoms with Crippen molar-refractivity contribution in [1.29, 1.82) is 10.5 Å². The molecule has 0 radical (unpaired) electrons. The van der Waals surface area contributed by atoms with Crippen molar-refractivity contribution in [2.75, 3.05) is 4.90 Å². The van der Waals surface area contributed by atoms with Crippen LogP contribution in [-0.4, -0.2) is 4.92 Å². The molecule has 1 aliphatic rings. The summed E-state index contributed by atoms with van der Waals surface area (Å²) in [4.78, 5) is 12.9. The zero-order valence-electron chi connectivity index (χ0n) is 14.9. The van der Waals surface area contributed by atoms with Gasteiger partial charge in [0, 0.05) is 28.7 Å². The minimum absolute atomic E-state index is 0.100. The van der Waals surface area contributed by atoms with E-state index in [0.29, 0.717) is 28.1 Å². The van der Waals surface area contributed by atoms with Gasteiger partial charge >= 0.3 is 0 Å². The van der Waals surface area contributed by atoms with Gasteiger partial charge in [0.1, 0.15) is 0 Å². The number of benzene rings is 2. The second kappa shape index (κ2) is 7.15. The van der Waals surface area contributed by atoms with Crippen molar-refractivity contribution in [2.45, 2.75) is 19.8 Å². The fourth-order valence-electron chi connectivity index (χ4n) is 3.52. The first kappa shape index (κ1) is 17.9. The number of hydrogen-bond donors (Lipinski definition) is 0. The molecular formula is C21H16N4O2. The Morgan fingerprint density at radius 3 is 1.96 bits per heavy atom. The molecule has 0 spiro atoms. The Bertz CT molecular complexity index is 1020. The Morgan fingerprint density at radius 2 is 1.44 bits per heavy atom. The number of hydrogen-bond acceptors (Lipinski definition) is 5. The third-order valence-electron chi connectivity index (χ3n) is 4.73. The van der Waals surface area contributed by atoms with Gasteiger partial charge in [-0.1, -0.05) is 36.4 Å². The molecule has 0 aromatic heterocycles. The first-order valence-corrected chi connectivity index (χ1v) is 8.31. The van der Waals surface area contributed by atoms with Gasteiger partial charge in [0.25, 0.3) is 5.69 Å². The van der Waals surface area contributed by atoms with E-state index in [1.54, 1.807) is 32.0 Å². The zero-order chi connectivity index (χ0) is 19.6. The minimum Gasteiger partial charge on any atom is -0.316 e. The molecule has 0 aliphatic carbocycles. The van der Waals surface area contributed by atoms with E-state index in [9.17, 15) is 20.6 Å². The molecule has 0 bridgehead atoms. The minimum atomic E-state index is -0.762. The van der Waals surface area contributed by atoms with Crippen molar-refractivity contribution in [2.24, 2.45) is 0 Å². The van der Waals surface area contributed by atoms with Gasteiger partial charge in [0.15, 0.2) is 0 Å². The highest BCUT2D eigenvalue weighted by atomic mass is 16.6. The summed E-state index contributed by atoms with van der Waals surface area (Å²) in [6, 6.07) is 20.0. The summed E-state index contributed by atoms with van der Waals surface area (Å²) in [6.07, 6.45) is 0. The van der Waals surface area contributed by atoms with Crippen molar-refractivity contribution < 1.29 is 4.92 Å². The van der Waals surface area contributed by atoms with E-state index in [0.717, 1.165) is 5.69 Å². The monoisotopic (exact) mass is 356 g/mol. The molecule has 27 heavy (non-hydrogen) atoms. The molecule has 3 rings (SSSR count). The maximum Gasteiger partial charge on any atom is 0.273 e. The summed E-state index contributed by atoms with van der Waals surface area (Å²) >= 11 is 0. The van der Waals surface area contributed by atoms with Crippen molar-refractivity contribution >= 4 is 11.4 Å². The Balaban J connectivity index is 2.29. The summed E-state index contributed by atoms with van der Waals surface area (Å²) in [5.74, 6) is -0.762. The lowest BCUT2D eigenvalue weighted by atomic mass is 9.80. The summed E-state index contributed by atoms with van der Waals surface area (Å²) < 4.78 is 0. The van der Waals surface area contributed by atoms with Crippen LogP contribution in [0.1, 0.15) is 25.3 Å². The predicted octanol–water partition coefficient (Wildman–Crippen LogP) is 4.79. The Hall–Kier alpha value is -3.90. The number of rotatable bonds is 3. The van der Waals surface area contributed by atoms with Crippen LogP contribution in [0.15, 0.2) is 77.1 Å². The van der Waals surface area contributed by atoms with Crippen LogP contribution in [0, 0.1) is 32.8 Å². The van der Waals surface area contributed by atoms with Gasteiger partial charge in [-0.3, -0.25) is 10.1 Å². The van der Waals surface area contributed by atoms with Crippen LogP contribution in [0.2, 0.25) is 0 Å². The molecule has 0 N–H and O–H groups in total. The molecule has 0 saturated heterocycles. The molecule has 0 amide bonds. The lowest BCUT2D eigenvalue weighted by molar-refractivity contribution is -0.385. The standard InChI is InChI=1S/C21H16N4O2/c1-14-18(12-22)21(17-10-6-7-11-20(17)25(26)27)19(13-23)15(2)24(14)16-8-4-3-5-9-16/h3-11,21H,1-2H3. The molecule has 0 saturated carbocycles. The van der Waals surface area contributed by atoms with Gasteiger partial charge < -0.3 is 4.90 Å². The molecule has 0 atom stereocenters. The van der Waals surface area contributed by atoms with E-state index >= 15 is 0 Å². The molecular weight excluding hydrogens is 340 g/mol. The van der Waals surface area contributed by atoms with E-state index < -0.39 is 10.8 Å². The molecule has 1 aliphatic heterocycles. The van der Waals surface area contributed by atoms with Crippen molar-refractivity contribution in [1.82, 2.24) is 0 Å².